The molecular formula is C29H28. The van der Waals surface area contributed by atoms with Crippen LogP contribution in [0.15, 0.2) is 121 Å². The van der Waals surface area contributed by atoms with Crippen LogP contribution in [0.25, 0.3) is 0 Å². The van der Waals surface area contributed by atoms with Crippen LogP contribution in [0.1, 0.15) is 47.9 Å². The highest BCUT2D eigenvalue weighted by Gasteiger charge is 2.42. The molecule has 0 aliphatic rings. The van der Waals surface area contributed by atoms with Crippen molar-refractivity contribution in [2.75, 3.05) is 0 Å². The van der Waals surface area contributed by atoms with Crippen molar-refractivity contribution in [3.8, 4) is 0 Å². The molecule has 0 radical (unpaired) electrons. The standard InChI is InChI=1S/C29H28/c1-2-23-29(26-19-11-5-12-20-26,27-21-13-6-14-22-27)28(24-15-7-3-8-16-24)25-17-9-4-10-18-25/h3-22,28H,2,23H2,1H3. The smallest absolute Gasteiger partial charge is 0.0311 e. The Morgan fingerprint density at radius 1 is 0.517 bits per heavy atom. The minimum absolute atomic E-state index is 0.139. The van der Waals surface area contributed by atoms with Crippen LogP contribution in [0.2, 0.25) is 0 Å². The van der Waals surface area contributed by atoms with E-state index in [0.717, 1.165) is 12.8 Å². The molecule has 0 spiro atoms. The predicted molar refractivity (Wildman–Crippen MR) is 123 cm³/mol. The summed E-state index contributed by atoms with van der Waals surface area (Å²) in [6.07, 6.45) is 2.19. The van der Waals surface area contributed by atoms with Crippen LogP contribution in [-0.2, 0) is 5.41 Å². The van der Waals surface area contributed by atoms with Crippen molar-refractivity contribution in [2.24, 2.45) is 0 Å². The fraction of sp³-hybridized carbons (Fsp3) is 0.172. The van der Waals surface area contributed by atoms with Crippen molar-refractivity contribution >= 4 is 0 Å². The Balaban J connectivity index is 2.06. The lowest BCUT2D eigenvalue weighted by Gasteiger charge is -2.43. The molecule has 0 aliphatic carbocycles. The molecule has 29 heavy (non-hydrogen) atoms. The zero-order valence-corrected chi connectivity index (χ0v) is 17.0. The Morgan fingerprint density at radius 3 is 1.21 bits per heavy atom. The van der Waals surface area contributed by atoms with E-state index in [0.29, 0.717) is 0 Å². The van der Waals surface area contributed by atoms with Gasteiger partial charge in [-0.3, -0.25) is 0 Å². The fourth-order valence-electron chi connectivity index (χ4n) is 4.85. The summed E-state index contributed by atoms with van der Waals surface area (Å²) in [6, 6.07) is 44.2. The summed E-state index contributed by atoms with van der Waals surface area (Å²) in [7, 11) is 0. The first-order valence-electron chi connectivity index (χ1n) is 10.6. The van der Waals surface area contributed by atoms with Gasteiger partial charge < -0.3 is 0 Å². The second-order valence-corrected chi connectivity index (χ2v) is 7.71. The second-order valence-electron chi connectivity index (χ2n) is 7.71. The topological polar surface area (TPSA) is 0 Å². The van der Waals surface area contributed by atoms with E-state index in [1.54, 1.807) is 0 Å². The molecule has 144 valence electrons. The van der Waals surface area contributed by atoms with Crippen LogP contribution in [-0.4, -0.2) is 0 Å². The normalized spacial score (nSPS) is 11.5. The first-order valence-corrected chi connectivity index (χ1v) is 10.6. The Morgan fingerprint density at radius 2 is 0.862 bits per heavy atom. The molecule has 0 amide bonds. The van der Waals surface area contributed by atoms with E-state index in [2.05, 4.69) is 128 Å². The number of rotatable bonds is 7. The lowest BCUT2D eigenvalue weighted by atomic mass is 9.59. The predicted octanol–water partition coefficient (Wildman–Crippen LogP) is 7.60. The van der Waals surface area contributed by atoms with Crippen molar-refractivity contribution < 1.29 is 0 Å². The van der Waals surface area contributed by atoms with Crippen LogP contribution in [0.4, 0.5) is 0 Å². The van der Waals surface area contributed by atoms with Gasteiger partial charge in [0.05, 0.1) is 0 Å². The Bertz CT molecular complexity index is 910. The zero-order chi connectivity index (χ0) is 19.9. The van der Waals surface area contributed by atoms with Crippen LogP contribution in [0.5, 0.6) is 0 Å². The first kappa shape index (κ1) is 19.2. The average Bonchev–Trinajstić information content (AvgIpc) is 2.81. The molecule has 4 aromatic rings. The third kappa shape index (κ3) is 3.76. The number of hydrogen-bond acceptors (Lipinski definition) is 0. The van der Waals surface area contributed by atoms with E-state index in [-0.39, 0.29) is 11.3 Å². The van der Waals surface area contributed by atoms with Crippen molar-refractivity contribution in [3.63, 3.8) is 0 Å². The van der Waals surface area contributed by atoms with E-state index in [9.17, 15) is 0 Å². The Kier molecular flexibility index (Phi) is 5.91. The number of benzene rings is 4. The minimum Gasteiger partial charge on any atom is -0.0653 e. The molecule has 0 nitrogen and oxygen atoms in total. The van der Waals surface area contributed by atoms with Crippen molar-refractivity contribution in [3.05, 3.63) is 144 Å². The van der Waals surface area contributed by atoms with Crippen LogP contribution in [0.3, 0.4) is 0 Å². The summed E-state index contributed by atoms with van der Waals surface area (Å²) < 4.78 is 0. The van der Waals surface area contributed by atoms with E-state index in [4.69, 9.17) is 0 Å². The third-order valence-electron chi connectivity index (χ3n) is 5.98. The van der Waals surface area contributed by atoms with Crippen molar-refractivity contribution in [1.29, 1.82) is 0 Å². The van der Waals surface area contributed by atoms with E-state index in [1.165, 1.54) is 22.3 Å². The zero-order valence-electron chi connectivity index (χ0n) is 17.0. The summed E-state index contributed by atoms with van der Waals surface area (Å²) in [5.74, 6) is 0.231. The van der Waals surface area contributed by atoms with Gasteiger partial charge in [0, 0.05) is 11.3 Å². The minimum atomic E-state index is -0.139. The maximum atomic E-state index is 2.31. The van der Waals surface area contributed by atoms with Gasteiger partial charge in [0.25, 0.3) is 0 Å². The van der Waals surface area contributed by atoms with Crippen LogP contribution < -0.4 is 0 Å². The van der Waals surface area contributed by atoms with E-state index >= 15 is 0 Å². The lowest BCUT2D eigenvalue weighted by Crippen LogP contribution is -2.36. The van der Waals surface area contributed by atoms with Gasteiger partial charge in [-0.15, -0.1) is 0 Å². The second kappa shape index (κ2) is 8.92. The van der Waals surface area contributed by atoms with Gasteiger partial charge in [0.2, 0.25) is 0 Å². The van der Waals surface area contributed by atoms with E-state index < -0.39 is 0 Å². The quantitative estimate of drug-likeness (QED) is 0.311. The molecule has 0 atom stereocenters. The summed E-state index contributed by atoms with van der Waals surface area (Å²) in [5.41, 5.74) is 5.34. The molecule has 0 heteroatoms. The van der Waals surface area contributed by atoms with Gasteiger partial charge in [-0.1, -0.05) is 135 Å². The van der Waals surface area contributed by atoms with Crippen molar-refractivity contribution in [1.82, 2.24) is 0 Å². The van der Waals surface area contributed by atoms with Crippen molar-refractivity contribution in [2.45, 2.75) is 31.1 Å². The molecule has 0 fully saturated rings. The molecule has 0 N–H and O–H groups in total. The van der Waals surface area contributed by atoms with E-state index in [1.807, 2.05) is 0 Å². The maximum Gasteiger partial charge on any atom is 0.0311 e. The van der Waals surface area contributed by atoms with Gasteiger partial charge in [0.15, 0.2) is 0 Å². The third-order valence-corrected chi connectivity index (χ3v) is 5.98. The molecule has 4 aromatic carbocycles. The molecule has 0 aromatic heterocycles. The monoisotopic (exact) mass is 376 g/mol. The van der Waals surface area contributed by atoms with Gasteiger partial charge in [-0.05, 0) is 28.7 Å². The van der Waals surface area contributed by atoms with Gasteiger partial charge in [-0.25, -0.2) is 0 Å². The lowest BCUT2D eigenvalue weighted by molar-refractivity contribution is 0.413. The molecular weight excluding hydrogens is 348 g/mol. The summed E-state index contributed by atoms with van der Waals surface area (Å²) in [5, 5.41) is 0. The summed E-state index contributed by atoms with van der Waals surface area (Å²) in [4.78, 5) is 0. The Labute approximate surface area is 174 Å². The SMILES string of the molecule is CCCC(c1ccccc1)(c1ccccc1)C(c1ccccc1)c1ccccc1. The molecule has 0 saturated carbocycles. The summed E-state index contributed by atoms with van der Waals surface area (Å²) in [6.45, 7) is 2.30. The largest absolute Gasteiger partial charge is 0.0653 e. The molecule has 0 aliphatic heterocycles. The highest BCUT2D eigenvalue weighted by molar-refractivity contribution is 5.50. The molecule has 0 saturated heterocycles. The fourth-order valence-corrected chi connectivity index (χ4v) is 4.85. The van der Waals surface area contributed by atoms with Gasteiger partial charge in [0.1, 0.15) is 0 Å². The highest BCUT2D eigenvalue weighted by atomic mass is 14.4. The Hall–Kier alpha value is -3.12. The highest BCUT2D eigenvalue weighted by Crippen LogP contribution is 2.51. The van der Waals surface area contributed by atoms with Crippen LogP contribution >= 0.6 is 0 Å². The first-order chi connectivity index (χ1) is 14.4. The summed E-state index contributed by atoms with van der Waals surface area (Å²) >= 11 is 0. The van der Waals surface area contributed by atoms with Gasteiger partial charge >= 0.3 is 0 Å². The van der Waals surface area contributed by atoms with Crippen LogP contribution in [0, 0.1) is 0 Å². The average molecular weight is 377 g/mol. The van der Waals surface area contributed by atoms with Gasteiger partial charge in [-0.2, -0.15) is 0 Å². The number of hydrogen-bond donors (Lipinski definition) is 0. The molecule has 4 rings (SSSR count). The molecule has 0 bridgehead atoms. The molecule has 0 unspecified atom stereocenters. The maximum absolute atomic E-state index is 2.31. The molecule has 0 heterocycles.